The first kappa shape index (κ1) is 23.3. The predicted octanol–water partition coefficient (Wildman–Crippen LogP) is 1.83. The summed E-state index contributed by atoms with van der Waals surface area (Å²) in [7, 11) is 4.02. The number of ether oxygens (including phenoxy) is 2. The highest BCUT2D eigenvalue weighted by molar-refractivity contribution is 5.79. The summed E-state index contributed by atoms with van der Waals surface area (Å²) in [6, 6.07) is 6.17. The number of benzene rings is 1. The summed E-state index contributed by atoms with van der Waals surface area (Å²) in [5.41, 5.74) is 1.22. The van der Waals surface area contributed by atoms with Crippen LogP contribution < -0.4 is 20.1 Å². The molecule has 0 aliphatic carbocycles. The van der Waals surface area contributed by atoms with Crippen molar-refractivity contribution in [3.63, 3.8) is 0 Å². The van der Waals surface area contributed by atoms with E-state index in [0.29, 0.717) is 13.2 Å². The Kier molecular flexibility index (Phi) is 10.7. The number of likely N-dealkylation sites (N-methyl/N-ethyl adjacent to an activating group) is 1. The van der Waals surface area contributed by atoms with Crippen LogP contribution >= 0.6 is 0 Å². The number of rotatable bonds is 10. The minimum absolute atomic E-state index is 0.631. The van der Waals surface area contributed by atoms with Crippen LogP contribution in [0.25, 0.3) is 0 Å². The zero-order valence-electron chi connectivity index (χ0n) is 18.7. The van der Waals surface area contributed by atoms with Gasteiger partial charge in [0.2, 0.25) is 0 Å². The molecule has 2 rings (SSSR count). The first-order chi connectivity index (χ1) is 14.2. The van der Waals surface area contributed by atoms with Crippen molar-refractivity contribution in [3.05, 3.63) is 23.8 Å². The molecule has 1 aromatic rings. The first-order valence-corrected chi connectivity index (χ1v) is 10.9. The van der Waals surface area contributed by atoms with Gasteiger partial charge in [0.1, 0.15) is 0 Å². The Morgan fingerprint density at radius 1 is 1.00 bits per heavy atom. The normalized spacial score (nSPS) is 16.3. The average molecular weight is 406 g/mol. The molecule has 1 saturated heterocycles. The SMILES string of the molecule is CCOc1ccc(CCNC(=NC)NCCN2CCCN(C)CC2)cc1OCC. The van der Waals surface area contributed by atoms with Crippen molar-refractivity contribution in [2.24, 2.45) is 4.99 Å². The van der Waals surface area contributed by atoms with E-state index in [1.807, 2.05) is 27.0 Å². The van der Waals surface area contributed by atoms with Crippen molar-refractivity contribution >= 4 is 5.96 Å². The molecule has 0 saturated carbocycles. The molecule has 0 aromatic heterocycles. The molecule has 0 unspecified atom stereocenters. The summed E-state index contributed by atoms with van der Waals surface area (Å²) in [4.78, 5) is 9.28. The summed E-state index contributed by atoms with van der Waals surface area (Å²) in [5.74, 6) is 2.48. The Balaban J connectivity index is 1.73. The minimum Gasteiger partial charge on any atom is -0.490 e. The zero-order chi connectivity index (χ0) is 20.9. The summed E-state index contributed by atoms with van der Waals surface area (Å²) < 4.78 is 11.4. The van der Waals surface area contributed by atoms with Crippen LogP contribution in [-0.4, -0.2) is 88.9 Å². The molecule has 29 heavy (non-hydrogen) atoms. The molecule has 1 aliphatic heterocycles. The van der Waals surface area contributed by atoms with E-state index in [0.717, 1.165) is 56.6 Å². The van der Waals surface area contributed by atoms with Crippen molar-refractivity contribution in [3.8, 4) is 11.5 Å². The van der Waals surface area contributed by atoms with Gasteiger partial charge in [0.05, 0.1) is 13.2 Å². The van der Waals surface area contributed by atoms with Gasteiger partial charge in [-0.05, 0) is 64.5 Å². The quantitative estimate of drug-likeness (QED) is 0.457. The highest BCUT2D eigenvalue weighted by Gasteiger charge is 2.11. The van der Waals surface area contributed by atoms with Gasteiger partial charge in [0.25, 0.3) is 0 Å². The monoisotopic (exact) mass is 405 g/mol. The van der Waals surface area contributed by atoms with Crippen LogP contribution in [0, 0.1) is 0 Å². The highest BCUT2D eigenvalue weighted by atomic mass is 16.5. The smallest absolute Gasteiger partial charge is 0.191 e. The molecule has 1 heterocycles. The lowest BCUT2D eigenvalue weighted by Gasteiger charge is -2.21. The van der Waals surface area contributed by atoms with Gasteiger partial charge in [-0.3, -0.25) is 4.99 Å². The summed E-state index contributed by atoms with van der Waals surface area (Å²) in [6.45, 7) is 12.7. The molecule has 0 amide bonds. The summed E-state index contributed by atoms with van der Waals surface area (Å²) >= 11 is 0. The van der Waals surface area contributed by atoms with Crippen LogP contribution in [0.3, 0.4) is 0 Å². The Hall–Kier alpha value is -1.99. The van der Waals surface area contributed by atoms with Crippen LogP contribution in [0.2, 0.25) is 0 Å². The van der Waals surface area contributed by atoms with Crippen LogP contribution in [-0.2, 0) is 6.42 Å². The number of nitrogens with one attached hydrogen (secondary N) is 2. The number of aliphatic imine (C=N–C) groups is 1. The van der Waals surface area contributed by atoms with E-state index >= 15 is 0 Å². The second kappa shape index (κ2) is 13.3. The molecule has 1 aliphatic rings. The molecule has 7 heteroatoms. The van der Waals surface area contributed by atoms with Crippen molar-refractivity contribution in [1.29, 1.82) is 0 Å². The van der Waals surface area contributed by atoms with Crippen LogP contribution in [0.4, 0.5) is 0 Å². The maximum absolute atomic E-state index is 5.72. The zero-order valence-corrected chi connectivity index (χ0v) is 18.7. The third-order valence-electron chi connectivity index (χ3n) is 5.07. The Labute approximate surface area is 176 Å². The molecule has 7 nitrogen and oxygen atoms in total. The third-order valence-corrected chi connectivity index (χ3v) is 5.07. The van der Waals surface area contributed by atoms with Crippen molar-refractivity contribution in [2.45, 2.75) is 26.7 Å². The molecule has 1 fully saturated rings. The van der Waals surface area contributed by atoms with Gasteiger partial charge >= 0.3 is 0 Å². The number of hydrogen-bond donors (Lipinski definition) is 2. The van der Waals surface area contributed by atoms with E-state index in [4.69, 9.17) is 9.47 Å². The lowest BCUT2D eigenvalue weighted by atomic mass is 10.1. The van der Waals surface area contributed by atoms with Gasteiger partial charge in [-0.2, -0.15) is 0 Å². The van der Waals surface area contributed by atoms with Crippen molar-refractivity contribution in [1.82, 2.24) is 20.4 Å². The summed E-state index contributed by atoms with van der Waals surface area (Å²) in [5, 5.41) is 6.84. The fourth-order valence-corrected chi connectivity index (χ4v) is 3.45. The van der Waals surface area contributed by atoms with Crippen molar-refractivity contribution in [2.75, 3.05) is 73.1 Å². The average Bonchev–Trinajstić information content (AvgIpc) is 2.93. The molecule has 2 N–H and O–H groups in total. The third kappa shape index (κ3) is 8.50. The molecule has 0 atom stereocenters. The lowest BCUT2D eigenvalue weighted by Crippen LogP contribution is -2.42. The fraction of sp³-hybridized carbons (Fsp3) is 0.682. The molecule has 164 valence electrons. The number of hydrogen-bond acceptors (Lipinski definition) is 5. The second-order valence-electron chi connectivity index (χ2n) is 7.32. The number of guanidine groups is 1. The fourth-order valence-electron chi connectivity index (χ4n) is 3.45. The molecular weight excluding hydrogens is 366 g/mol. The van der Waals surface area contributed by atoms with Gasteiger partial charge in [0, 0.05) is 39.8 Å². The Morgan fingerprint density at radius 3 is 2.52 bits per heavy atom. The van der Waals surface area contributed by atoms with Crippen LogP contribution in [0.5, 0.6) is 11.5 Å². The molecule has 0 spiro atoms. The predicted molar refractivity (Wildman–Crippen MR) is 120 cm³/mol. The van der Waals surface area contributed by atoms with E-state index < -0.39 is 0 Å². The number of nitrogens with zero attached hydrogens (tertiary/aromatic N) is 3. The van der Waals surface area contributed by atoms with Gasteiger partial charge in [-0.25, -0.2) is 0 Å². The standard InChI is InChI=1S/C22H39N5O2/c1-5-28-20-9-8-19(18-21(20)29-6-2)10-11-24-22(23-3)25-12-15-27-14-7-13-26(4)16-17-27/h8-9,18H,5-7,10-17H2,1-4H3,(H2,23,24,25). The Bertz CT molecular complexity index is 623. The minimum atomic E-state index is 0.631. The largest absolute Gasteiger partial charge is 0.490 e. The highest BCUT2D eigenvalue weighted by Crippen LogP contribution is 2.28. The van der Waals surface area contributed by atoms with Gasteiger partial charge < -0.3 is 29.9 Å². The van der Waals surface area contributed by atoms with Gasteiger partial charge in [0.15, 0.2) is 17.5 Å². The Morgan fingerprint density at radius 2 is 1.76 bits per heavy atom. The molecule has 0 bridgehead atoms. The maximum Gasteiger partial charge on any atom is 0.191 e. The van der Waals surface area contributed by atoms with E-state index in [1.54, 1.807) is 0 Å². The van der Waals surface area contributed by atoms with Crippen LogP contribution in [0.1, 0.15) is 25.8 Å². The van der Waals surface area contributed by atoms with Crippen LogP contribution in [0.15, 0.2) is 23.2 Å². The van der Waals surface area contributed by atoms with E-state index in [-0.39, 0.29) is 0 Å². The first-order valence-electron chi connectivity index (χ1n) is 10.9. The van der Waals surface area contributed by atoms with E-state index in [1.165, 1.54) is 25.1 Å². The lowest BCUT2D eigenvalue weighted by molar-refractivity contribution is 0.280. The topological polar surface area (TPSA) is 61.4 Å². The van der Waals surface area contributed by atoms with Gasteiger partial charge in [-0.1, -0.05) is 6.07 Å². The molecule has 1 aromatic carbocycles. The van der Waals surface area contributed by atoms with Gasteiger partial charge in [-0.15, -0.1) is 0 Å². The van der Waals surface area contributed by atoms with E-state index in [9.17, 15) is 0 Å². The summed E-state index contributed by atoms with van der Waals surface area (Å²) in [6.07, 6.45) is 2.14. The second-order valence-corrected chi connectivity index (χ2v) is 7.32. The maximum atomic E-state index is 5.72. The molecular formula is C22H39N5O2. The van der Waals surface area contributed by atoms with Crippen molar-refractivity contribution < 1.29 is 9.47 Å². The van der Waals surface area contributed by atoms with E-state index in [2.05, 4.69) is 44.6 Å². The molecule has 0 radical (unpaired) electrons.